The monoisotopic (exact) mass is 267 g/mol. The van der Waals surface area contributed by atoms with Crippen molar-refractivity contribution in [3.63, 3.8) is 0 Å². The van der Waals surface area contributed by atoms with Gasteiger partial charge in [-0.1, -0.05) is 0 Å². The van der Waals surface area contributed by atoms with Crippen LogP contribution in [0.3, 0.4) is 0 Å². The number of hydrogen-bond acceptors (Lipinski definition) is 6. The van der Waals surface area contributed by atoms with Gasteiger partial charge in [0.2, 0.25) is 0 Å². The van der Waals surface area contributed by atoms with Gasteiger partial charge < -0.3 is 14.0 Å². The van der Waals surface area contributed by atoms with Crippen molar-refractivity contribution >= 4 is 18.7 Å². The molecule has 7 heteroatoms. The smallest absolute Gasteiger partial charge is 0.464 e. The van der Waals surface area contributed by atoms with Crippen molar-refractivity contribution in [1.29, 1.82) is 0 Å². The Labute approximate surface area is 116 Å². The summed E-state index contributed by atoms with van der Waals surface area (Å²) in [5.74, 6) is -1.08. The molecule has 0 saturated carbocycles. The zero-order valence-corrected chi connectivity index (χ0v) is 11.3. The maximum Gasteiger partial charge on any atom is 0.516 e. The molecule has 0 aliphatic carbocycles. The van der Waals surface area contributed by atoms with Crippen LogP contribution in [0.1, 0.15) is 42.3 Å². The van der Waals surface area contributed by atoms with E-state index in [0.717, 1.165) is 6.20 Å². The summed E-state index contributed by atoms with van der Waals surface area (Å²) in [6, 6.07) is 0. The normalized spacial score (nSPS) is 23.4. The molecule has 1 aromatic heterocycles. The number of ether oxygens (including phenoxy) is 1. The van der Waals surface area contributed by atoms with Crippen molar-refractivity contribution in [2.45, 2.75) is 38.9 Å². The Bertz CT molecular complexity index is 576. The number of hydrogen-bond donors (Lipinski definition) is 0. The van der Waals surface area contributed by atoms with Gasteiger partial charge in [0.05, 0.1) is 34.1 Å². The number of rotatable bonds is 2. The van der Waals surface area contributed by atoms with Crippen LogP contribution < -0.4 is 5.59 Å². The fourth-order valence-electron chi connectivity index (χ4n) is 1.61. The molecule has 1 saturated heterocycles. The molecule has 19 heavy (non-hydrogen) atoms. The van der Waals surface area contributed by atoms with E-state index in [-0.39, 0.29) is 11.3 Å². The molecule has 6 nitrogen and oxygen atoms in total. The molecule has 0 unspecified atom stereocenters. The Morgan fingerprint density at radius 1 is 1.32 bits per heavy atom. The maximum absolute atomic E-state index is 11.7. The van der Waals surface area contributed by atoms with Gasteiger partial charge in [-0.3, -0.25) is 4.98 Å². The van der Waals surface area contributed by atoms with Crippen LogP contribution in [-0.2, 0) is 14.0 Å². The Morgan fingerprint density at radius 3 is 2.53 bits per heavy atom. The van der Waals surface area contributed by atoms with E-state index >= 15 is 0 Å². The summed E-state index contributed by atoms with van der Waals surface area (Å²) >= 11 is 0. The highest BCUT2D eigenvalue weighted by molar-refractivity contribution is 6.61. The van der Waals surface area contributed by atoms with Crippen molar-refractivity contribution in [1.82, 2.24) is 9.97 Å². The summed E-state index contributed by atoms with van der Waals surface area (Å²) in [7, 11) is -3.63. The van der Waals surface area contributed by atoms with Crippen molar-refractivity contribution in [2.24, 2.45) is 0 Å². The number of carbonyl (C=O) groups is 1. The van der Waals surface area contributed by atoms with Gasteiger partial charge in [-0.05, 0) is 27.7 Å². The van der Waals surface area contributed by atoms with E-state index in [1.807, 2.05) is 27.7 Å². The number of nitrogens with zero attached hydrogens (tertiary/aromatic N) is 2. The van der Waals surface area contributed by atoms with Gasteiger partial charge in [0.25, 0.3) is 0 Å². The summed E-state index contributed by atoms with van der Waals surface area (Å²) in [6.45, 7) is 7.53. The molecule has 0 atom stereocenters. The molecule has 1 fully saturated rings. The van der Waals surface area contributed by atoms with Gasteiger partial charge in [0.15, 0.2) is 5.69 Å². The van der Waals surface area contributed by atoms with Gasteiger partial charge in [-0.2, -0.15) is 0 Å². The minimum Gasteiger partial charge on any atom is -0.464 e. The summed E-state index contributed by atoms with van der Waals surface area (Å²) in [5.41, 5.74) is -1.06. The minimum absolute atomic E-state index is 0.219. The summed E-state index contributed by atoms with van der Waals surface area (Å²) in [4.78, 5) is 19.6. The van der Waals surface area contributed by atoms with E-state index in [4.69, 9.17) is 13.4 Å². The predicted molar refractivity (Wildman–Crippen MR) is 69.1 cm³/mol. The molecule has 0 amide bonds. The van der Waals surface area contributed by atoms with Crippen LogP contribution in [-0.4, -0.2) is 41.3 Å². The lowest BCUT2D eigenvalue weighted by molar-refractivity contribution is 0.00578. The average Bonchev–Trinajstić information content (AvgIpc) is 2.57. The fourth-order valence-corrected chi connectivity index (χ4v) is 1.61. The van der Waals surface area contributed by atoms with Gasteiger partial charge >= 0.3 is 13.1 Å². The molecule has 102 valence electrons. The van der Waals surface area contributed by atoms with E-state index in [0.29, 0.717) is 0 Å². The zero-order chi connectivity index (χ0) is 16.8. The molecule has 1 aliphatic heterocycles. The number of methoxy groups -OCH3 is 1. The van der Waals surface area contributed by atoms with E-state index in [9.17, 15) is 4.79 Å². The first-order chi connectivity index (χ1) is 9.91. The Morgan fingerprint density at radius 2 is 1.95 bits per heavy atom. The minimum atomic E-state index is -2.83. The van der Waals surface area contributed by atoms with Crippen LogP contribution in [0.15, 0.2) is 12.4 Å². The van der Waals surface area contributed by atoms with Crippen LogP contribution in [0.5, 0.6) is 0 Å². The molecule has 0 bridgehead atoms. The largest absolute Gasteiger partial charge is 0.516 e. The number of carbonyl (C=O) groups excluding carboxylic acids is 1. The summed E-state index contributed by atoms with van der Waals surface area (Å²) in [5, 5.41) is 0. The van der Waals surface area contributed by atoms with Gasteiger partial charge in [0.1, 0.15) is 0 Å². The van der Waals surface area contributed by atoms with E-state index in [2.05, 4.69) is 14.7 Å². The quantitative estimate of drug-likeness (QED) is 0.576. The SMILES string of the molecule is [2H]C([2H])([2H])OC(=O)c1cncc(B2OC(C)(C)C(C)(C)O2)n1. The van der Waals surface area contributed by atoms with E-state index < -0.39 is 31.3 Å². The lowest BCUT2D eigenvalue weighted by atomic mass is 9.85. The number of esters is 1. The Balaban J connectivity index is 2.22. The molecule has 0 N–H and O–H groups in total. The Hall–Kier alpha value is -1.47. The van der Waals surface area contributed by atoms with E-state index in [1.165, 1.54) is 6.20 Å². The second kappa shape index (κ2) is 4.57. The molecule has 1 aliphatic rings. The van der Waals surface area contributed by atoms with Crippen LogP contribution in [0.4, 0.5) is 0 Å². The highest BCUT2D eigenvalue weighted by Crippen LogP contribution is 2.36. The molecule has 0 radical (unpaired) electrons. The standard InChI is InChI=1S/C12H17BN2O4/c1-11(2)12(3,4)19-13(18-11)9-7-14-6-8(15-9)10(16)17-5/h6-7H,1-5H3/i5D3. The van der Waals surface area contributed by atoms with Crippen molar-refractivity contribution < 1.29 is 23.0 Å². The first-order valence-corrected chi connectivity index (χ1v) is 5.82. The third-order valence-electron chi connectivity index (χ3n) is 3.45. The van der Waals surface area contributed by atoms with Crippen LogP contribution in [0, 0.1) is 0 Å². The summed E-state index contributed by atoms with van der Waals surface area (Å²) < 4.78 is 36.7. The third-order valence-corrected chi connectivity index (χ3v) is 3.45. The molecule has 1 aromatic rings. The first-order valence-electron chi connectivity index (χ1n) is 7.32. The lowest BCUT2D eigenvalue weighted by Crippen LogP contribution is -2.41. The third kappa shape index (κ3) is 2.48. The highest BCUT2D eigenvalue weighted by atomic mass is 16.7. The molecular weight excluding hydrogens is 247 g/mol. The maximum atomic E-state index is 11.7. The molecular formula is C12H17BN2O4. The van der Waals surface area contributed by atoms with Gasteiger partial charge in [-0.15, -0.1) is 0 Å². The van der Waals surface area contributed by atoms with Gasteiger partial charge in [0, 0.05) is 6.20 Å². The average molecular weight is 267 g/mol. The topological polar surface area (TPSA) is 70.5 Å². The van der Waals surface area contributed by atoms with Crippen molar-refractivity contribution in [2.75, 3.05) is 7.04 Å². The molecule has 0 spiro atoms. The lowest BCUT2D eigenvalue weighted by Gasteiger charge is -2.32. The predicted octanol–water partition coefficient (Wildman–Crippen LogP) is 0.562. The van der Waals surface area contributed by atoms with Crippen LogP contribution >= 0.6 is 0 Å². The highest BCUT2D eigenvalue weighted by Gasteiger charge is 2.52. The second-order valence-electron chi connectivity index (χ2n) is 5.31. The van der Waals surface area contributed by atoms with Crippen molar-refractivity contribution in [3.8, 4) is 0 Å². The van der Waals surface area contributed by atoms with Crippen LogP contribution in [0.25, 0.3) is 0 Å². The molecule has 0 aromatic carbocycles. The first kappa shape index (κ1) is 10.3. The van der Waals surface area contributed by atoms with E-state index in [1.54, 1.807) is 0 Å². The fraction of sp³-hybridized carbons (Fsp3) is 0.583. The molecule has 2 heterocycles. The van der Waals surface area contributed by atoms with Crippen LogP contribution in [0.2, 0.25) is 0 Å². The second-order valence-corrected chi connectivity index (χ2v) is 5.31. The Kier molecular flexibility index (Phi) is 2.49. The van der Waals surface area contributed by atoms with Crippen molar-refractivity contribution in [3.05, 3.63) is 18.1 Å². The molecule has 2 rings (SSSR count). The zero-order valence-electron chi connectivity index (χ0n) is 14.3. The number of aromatic nitrogens is 2. The van der Waals surface area contributed by atoms with Gasteiger partial charge in [-0.25, -0.2) is 9.78 Å². The summed E-state index contributed by atoms with van der Waals surface area (Å²) in [6.07, 6.45) is 2.52.